The van der Waals surface area contributed by atoms with Crippen LogP contribution < -0.4 is 20.1 Å². The van der Waals surface area contributed by atoms with Crippen molar-refractivity contribution < 1.29 is 18.7 Å². The topological polar surface area (TPSA) is 102 Å². The van der Waals surface area contributed by atoms with E-state index in [4.69, 9.17) is 9.47 Å². The largest absolute Gasteiger partial charge is 0.493 e. The highest BCUT2D eigenvalue weighted by Gasteiger charge is 2.19. The summed E-state index contributed by atoms with van der Waals surface area (Å²) in [5.41, 5.74) is 1.12. The molecule has 0 bridgehead atoms. The normalized spacial score (nSPS) is 15.4. The summed E-state index contributed by atoms with van der Waals surface area (Å²) in [5, 5.41) is 7.27. The van der Waals surface area contributed by atoms with Gasteiger partial charge < -0.3 is 25.0 Å². The van der Waals surface area contributed by atoms with Gasteiger partial charge >= 0.3 is 0 Å². The van der Waals surface area contributed by atoms with Crippen LogP contribution in [0.25, 0.3) is 10.9 Å². The third-order valence-corrected chi connectivity index (χ3v) is 7.59. The van der Waals surface area contributed by atoms with Gasteiger partial charge in [-0.2, -0.15) is 0 Å². The molecule has 2 aromatic carbocycles. The number of nitrogens with zero attached hydrogens (tertiary/aromatic N) is 4. The van der Waals surface area contributed by atoms with Crippen molar-refractivity contribution in [2.75, 3.05) is 37.4 Å². The van der Waals surface area contributed by atoms with Crippen LogP contribution in [-0.2, 0) is 11.2 Å². The summed E-state index contributed by atoms with van der Waals surface area (Å²) in [5.74, 6) is 1.15. The molecular weight excluding hydrogens is 519 g/mol. The first-order valence-corrected chi connectivity index (χ1v) is 13.8. The Morgan fingerprint density at radius 2 is 2.10 bits per heavy atom. The minimum Gasteiger partial charge on any atom is -0.493 e. The van der Waals surface area contributed by atoms with Gasteiger partial charge in [-0.05, 0) is 57.0 Å². The van der Waals surface area contributed by atoms with Crippen molar-refractivity contribution in [2.45, 2.75) is 38.6 Å². The second-order valence-electron chi connectivity index (χ2n) is 9.46. The fourth-order valence-corrected chi connectivity index (χ4v) is 5.50. The molecule has 3 heterocycles. The monoisotopic (exact) mass is 550 g/mol. The number of fused-ring (bicyclic) bond motifs is 1. The zero-order valence-electron chi connectivity index (χ0n) is 21.9. The van der Waals surface area contributed by atoms with Crippen LogP contribution in [0.5, 0.6) is 11.5 Å². The van der Waals surface area contributed by atoms with Crippen LogP contribution in [0.15, 0.2) is 48.9 Å². The number of rotatable bonds is 11. The summed E-state index contributed by atoms with van der Waals surface area (Å²) in [6, 6.07) is 10.2. The van der Waals surface area contributed by atoms with E-state index < -0.39 is 5.82 Å². The minimum atomic E-state index is -0.406. The number of nitrogens with one attached hydrogen (secondary N) is 2. The van der Waals surface area contributed by atoms with Crippen molar-refractivity contribution >= 4 is 44.8 Å². The summed E-state index contributed by atoms with van der Waals surface area (Å²) >= 11 is 1.34. The van der Waals surface area contributed by atoms with Gasteiger partial charge in [-0.3, -0.25) is 4.79 Å². The molecule has 1 amide bonds. The second-order valence-corrected chi connectivity index (χ2v) is 10.6. The maximum atomic E-state index is 13.4. The molecule has 39 heavy (non-hydrogen) atoms. The Balaban J connectivity index is 1.23. The van der Waals surface area contributed by atoms with E-state index >= 15 is 0 Å². The standard InChI is InChI=1S/C28H31FN6O3S/c1-18-6-4-9-35(18)10-5-11-38-25-15-23-22(14-24(25)37-2)27(32-17-31-23)34-28-30-16-21(39-28)13-26(36)33-20-8-3-7-19(29)12-20/h3,7-8,12,14-18H,4-6,9-11,13H2,1-2H3,(H,33,36)(H,30,31,32,34)/t18-/m0/s1. The van der Waals surface area contributed by atoms with Gasteiger partial charge in [0.2, 0.25) is 5.91 Å². The molecule has 1 fully saturated rings. The predicted octanol–water partition coefficient (Wildman–Crippen LogP) is 5.41. The number of amides is 1. The number of likely N-dealkylation sites (tertiary alicyclic amines) is 1. The Labute approximate surface area is 230 Å². The Bertz CT molecular complexity index is 1450. The lowest BCUT2D eigenvalue weighted by molar-refractivity contribution is -0.115. The zero-order chi connectivity index (χ0) is 27.2. The highest BCUT2D eigenvalue weighted by Crippen LogP contribution is 2.35. The third-order valence-electron chi connectivity index (χ3n) is 6.68. The van der Waals surface area contributed by atoms with Gasteiger partial charge in [-0.25, -0.2) is 19.3 Å². The van der Waals surface area contributed by atoms with Gasteiger partial charge in [-0.1, -0.05) is 6.07 Å². The van der Waals surface area contributed by atoms with Crippen LogP contribution in [0.3, 0.4) is 0 Å². The Morgan fingerprint density at radius 1 is 1.21 bits per heavy atom. The van der Waals surface area contributed by atoms with Gasteiger partial charge in [0.15, 0.2) is 16.6 Å². The molecule has 0 saturated carbocycles. The first kappa shape index (κ1) is 26.8. The molecule has 1 atom stereocenters. The average molecular weight is 551 g/mol. The van der Waals surface area contributed by atoms with Crippen molar-refractivity contribution in [3.63, 3.8) is 0 Å². The number of halogens is 1. The highest BCUT2D eigenvalue weighted by atomic mass is 32.1. The zero-order valence-corrected chi connectivity index (χ0v) is 22.8. The molecule has 11 heteroatoms. The number of anilines is 3. The van der Waals surface area contributed by atoms with Crippen LogP contribution >= 0.6 is 11.3 Å². The van der Waals surface area contributed by atoms with Gasteiger partial charge in [-0.15, -0.1) is 11.3 Å². The maximum absolute atomic E-state index is 13.4. The molecule has 204 valence electrons. The highest BCUT2D eigenvalue weighted by molar-refractivity contribution is 7.15. The van der Waals surface area contributed by atoms with Crippen LogP contribution in [0.1, 0.15) is 31.1 Å². The van der Waals surface area contributed by atoms with Crippen molar-refractivity contribution in [1.29, 1.82) is 0 Å². The van der Waals surface area contributed by atoms with Crippen LogP contribution in [0.2, 0.25) is 0 Å². The van der Waals surface area contributed by atoms with E-state index in [0.29, 0.717) is 46.3 Å². The number of aromatic nitrogens is 3. The molecule has 0 aliphatic carbocycles. The second kappa shape index (κ2) is 12.4. The van der Waals surface area contributed by atoms with Crippen LogP contribution in [0.4, 0.5) is 21.0 Å². The maximum Gasteiger partial charge on any atom is 0.229 e. The molecule has 5 rings (SSSR count). The number of thiazole rings is 1. The fourth-order valence-electron chi connectivity index (χ4n) is 4.69. The van der Waals surface area contributed by atoms with Gasteiger partial charge in [0, 0.05) is 40.8 Å². The molecule has 1 aliphatic heterocycles. The SMILES string of the molecule is COc1cc2c(Nc3ncc(CC(=O)Nc4cccc(F)c4)s3)ncnc2cc1OCCCN1CCC[C@@H]1C. The lowest BCUT2D eigenvalue weighted by Crippen LogP contribution is -2.28. The quantitative estimate of drug-likeness (QED) is 0.239. The first-order valence-electron chi connectivity index (χ1n) is 13.0. The molecular formula is C28H31FN6O3S. The van der Waals surface area contributed by atoms with E-state index in [-0.39, 0.29) is 12.3 Å². The van der Waals surface area contributed by atoms with Gasteiger partial charge in [0.1, 0.15) is 18.0 Å². The summed E-state index contributed by atoms with van der Waals surface area (Å²) in [6.45, 7) is 5.06. The number of carbonyl (C=O) groups is 1. The number of carbonyl (C=O) groups excluding carboxylic acids is 1. The number of hydrogen-bond acceptors (Lipinski definition) is 9. The molecule has 1 saturated heterocycles. The Morgan fingerprint density at radius 3 is 2.90 bits per heavy atom. The van der Waals surface area contributed by atoms with Crippen LogP contribution in [0, 0.1) is 5.82 Å². The van der Waals surface area contributed by atoms with Gasteiger partial charge in [0.25, 0.3) is 0 Å². The number of ether oxygens (including phenoxy) is 2. The Kier molecular flexibility index (Phi) is 8.48. The lowest BCUT2D eigenvalue weighted by atomic mass is 10.2. The van der Waals surface area contributed by atoms with Crippen LogP contribution in [-0.4, -0.2) is 58.6 Å². The smallest absolute Gasteiger partial charge is 0.229 e. The summed E-state index contributed by atoms with van der Waals surface area (Å²) in [4.78, 5) is 28.9. The van der Waals surface area contributed by atoms with Crippen molar-refractivity contribution in [2.24, 2.45) is 0 Å². The minimum absolute atomic E-state index is 0.117. The molecule has 0 radical (unpaired) electrons. The third kappa shape index (κ3) is 6.79. The number of methoxy groups -OCH3 is 1. The average Bonchev–Trinajstić information content (AvgIpc) is 3.54. The van der Waals surface area contributed by atoms with E-state index in [9.17, 15) is 9.18 Å². The van der Waals surface area contributed by atoms with Crippen molar-refractivity contribution in [3.8, 4) is 11.5 Å². The molecule has 1 aliphatic rings. The fraction of sp³-hybridized carbons (Fsp3) is 0.357. The summed E-state index contributed by atoms with van der Waals surface area (Å²) in [6.07, 6.45) is 6.71. The molecule has 4 aromatic rings. The first-order chi connectivity index (χ1) is 19.0. The summed E-state index contributed by atoms with van der Waals surface area (Å²) in [7, 11) is 1.61. The van der Waals surface area contributed by atoms with E-state index in [1.165, 1.54) is 42.6 Å². The Hall–Kier alpha value is -3.83. The molecule has 9 nitrogen and oxygen atoms in total. The molecule has 0 spiro atoms. The lowest BCUT2D eigenvalue weighted by Gasteiger charge is -2.21. The number of hydrogen-bond donors (Lipinski definition) is 2. The van der Waals surface area contributed by atoms with Crippen molar-refractivity contribution in [3.05, 3.63) is 59.6 Å². The van der Waals surface area contributed by atoms with E-state index in [0.717, 1.165) is 29.8 Å². The van der Waals surface area contributed by atoms with Crippen molar-refractivity contribution in [1.82, 2.24) is 19.9 Å². The predicted molar refractivity (Wildman–Crippen MR) is 151 cm³/mol. The number of benzene rings is 2. The van der Waals surface area contributed by atoms with E-state index in [1.54, 1.807) is 25.4 Å². The molecule has 2 N–H and O–H groups in total. The summed E-state index contributed by atoms with van der Waals surface area (Å²) < 4.78 is 25.1. The van der Waals surface area contributed by atoms with Gasteiger partial charge in [0.05, 0.1) is 25.7 Å². The van der Waals surface area contributed by atoms with E-state index in [2.05, 4.69) is 37.4 Å². The molecule has 0 unspecified atom stereocenters. The molecule has 2 aromatic heterocycles. The van der Waals surface area contributed by atoms with E-state index in [1.807, 2.05) is 12.1 Å².